The Kier molecular flexibility index (Phi) is 5.18. The van der Waals surface area contributed by atoms with Crippen LogP contribution < -0.4 is 10.2 Å². The first-order chi connectivity index (χ1) is 9.70. The topological polar surface area (TPSA) is 28.4 Å². The molecule has 3 nitrogen and oxygen atoms in total. The Morgan fingerprint density at radius 1 is 1.30 bits per heavy atom. The largest absolute Gasteiger partial charge is 0.468 e. The quantitative estimate of drug-likeness (QED) is 0.837. The van der Waals surface area contributed by atoms with Crippen molar-refractivity contribution in [2.75, 3.05) is 24.5 Å². The zero-order valence-electron chi connectivity index (χ0n) is 12.0. The minimum absolute atomic E-state index is 0.177. The van der Waals surface area contributed by atoms with Crippen LogP contribution in [-0.4, -0.2) is 19.6 Å². The summed E-state index contributed by atoms with van der Waals surface area (Å²) in [5.41, 5.74) is 0.917. The van der Waals surface area contributed by atoms with Crippen LogP contribution in [0.3, 0.4) is 0 Å². The summed E-state index contributed by atoms with van der Waals surface area (Å²) in [4.78, 5) is 2.14. The van der Waals surface area contributed by atoms with Crippen LogP contribution >= 0.6 is 0 Å². The molecule has 1 aromatic carbocycles. The highest BCUT2D eigenvalue weighted by molar-refractivity contribution is 5.46. The third-order valence-corrected chi connectivity index (χ3v) is 3.36. The SMILES string of the molecule is CCN(CCNC(C)c1ccco1)c1cccc(F)c1. The second-order valence-electron chi connectivity index (χ2n) is 4.75. The minimum atomic E-state index is -0.196. The van der Waals surface area contributed by atoms with Crippen molar-refractivity contribution < 1.29 is 8.81 Å². The molecule has 0 aliphatic heterocycles. The van der Waals surface area contributed by atoms with E-state index in [2.05, 4.69) is 24.1 Å². The van der Waals surface area contributed by atoms with Crippen molar-refractivity contribution in [2.45, 2.75) is 19.9 Å². The zero-order valence-corrected chi connectivity index (χ0v) is 12.0. The van der Waals surface area contributed by atoms with Gasteiger partial charge in [-0.3, -0.25) is 0 Å². The van der Waals surface area contributed by atoms with Crippen molar-refractivity contribution >= 4 is 5.69 Å². The molecule has 1 aromatic heterocycles. The molecule has 0 aliphatic rings. The average Bonchev–Trinajstić information content (AvgIpc) is 2.97. The fraction of sp³-hybridized carbons (Fsp3) is 0.375. The lowest BCUT2D eigenvalue weighted by atomic mass is 10.2. The third-order valence-electron chi connectivity index (χ3n) is 3.36. The summed E-state index contributed by atoms with van der Waals surface area (Å²) in [6.07, 6.45) is 1.68. The summed E-state index contributed by atoms with van der Waals surface area (Å²) in [6, 6.07) is 10.7. The smallest absolute Gasteiger partial charge is 0.125 e. The number of hydrogen-bond donors (Lipinski definition) is 1. The molecule has 1 unspecified atom stereocenters. The van der Waals surface area contributed by atoms with Gasteiger partial charge in [0.05, 0.1) is 12.3 Å². The maximum Gasteiger partial charge on any atom is 0.125 e. The predicted molar refractivity (Wildman–Crippen MR) is 79.4 cm³/mol. The number of nitrogens with zero attached hydrogens (tertiary/aromatic N) is 1. The third kappa shape index (κ3) is 3.84. The van der Waals surface area contributed by atoms with Crippen LogP contribution in [0.25, 0.3) is 0 Å². The number of furan rings is 1. The Hall–Kier alpha value is -1.81. The van der Waals surface area contributed by atoms with Crippen LogP contribution in [0.5, 0.6) is 0 Å². The van der Waals surface area contributed by atoms with Gasteiger partial charge in [0.15, 0.2) is 0 Å². The summed E-state index contributed by atoms with van der Waals surface area (Å²) < 4.78 is 18.6. The van der Waals surface area contributed by atoms with E-state index in [0.29, 0.717) is 0 Å². The van der Waals surface area contributed by atoms with Crippen molar-refractivity contribution in [1.29, 1.82) is 0 Å². The Bertz CT molecular complexity index is 513. The van der Waals surface area contributed by atoms with Crippen molar-refractivity contribution in [3.8, 4) is 0 Å². The maximum absolute atomic E-state index is 13.2. The average molecular weight is 276 g/mol. The van der Waals surface area contributed by atoms with Gasteiger partial charge in [-0.25, -0.2) is 4.39 Å². The predicted octanol–water partition coefficient (Wildman–Crippen LogP) is 3.60. The fourth-order valence-electron chi connectivity index (χ4n) is 2.20. The van der Waals surface area contributed by atoms with Gasteiger partial charge < -0.3 is 14.6 Å². The molecule has 0 saturated carbocycles. The maximum atomic E-state index is 13.2. The van der Waals surface area contributed by atoms with E-state index in [9.17, 15) is 4.39 Å². The van der Waals surface area contributed by atoms with E-state index in [-0.39, 0.29) is 11.9 Å². The van der Waals surface area contributed by atoms with E-state index in [1.165, 1.54) is 6.07 Å². The lowest BCUT2D eigenvalue weighted by Crippen LogP contribution is -2.33. The molecule has 0 spiro atoms. The molecule has 1 atom stereocenters. The van der Waals surface area contributed by atoms with Gasteiger partial charge in [-0.1, -0.05) is 6.07 Å². The Morgan fingerprint density at radius 2 is 2.15 bits per heavy atom. The molecule has 0 aliphatic carbocycles. The van der Waals surface area contributed by atoms with Gasteiger partial charge >= 0.3 is 0 Å². The van der Waals surface area contributed by atoms with E-state index in [1.54, 1.807) is 18.4 Å². The van der Waals surface area contributed by atoms with Crippen LogP contribution in [0.1, 0.15) is 25.6 Å². The summed E-state index contributed by atoms with van der Waals surface area (Å²) in [7, 11) is 0. The summed E-state index contributed by atoms with van der Waals surface area (Å²) in [6.45, 7) is 6.62. The number of hydrogen-bond acceptors (Lipinski definition) is 3. The molecular weight excluding hydrogens is 255 g/mol. The first-order valence-electron chi connectivity index (χ1n) is 6.98. The second kappa shape index (κ2) is 7.10. The molecule has 1 N–H and O–H groups in total. The fourth-order valence-corrected chi connectivity index (χ4v) is 2.20. The number of rotatable bonds is 7. The Labute approximate surface area is 119 Å². The van der Waals surface area contributed by atoms with Gasteiger partial charge in [-0.15, -0.1) is 0 Å². The lowest BCUT2D eigenvalue weighted by Gasteiger charge is -2.24. The molecule has 2 rings (SSSR count). The van der Waals surface area contributed by atoms with Crippen LogP contribution in [0.4, 0.5) is 10.1 Å². The number of anilines is 1. The van der Waals surface area contributed by atoms with Crippen molar-refractivity contribution in [3.63, 3.8) is 0 Å². The van der Waals surface area contributed by atoms with Crippen molar-refractivity contribution in [1.82, 2.24) is 5.32 Å². The molecule has 2 aromatic rings. The van der Waals surface area contributed by atoms with Gasteiger partial charge in [0.1, 0.15) is 11.6 Å². The Morgan fingerprint density at radius 3 is 2.80 bits per heavy atom. The van der Waals surface area contributed by atoms with Crippen LogP contribution in [-0.2, 0) is 0 Å². The molecule has 1 heterocycles. The van der Waals surface area contributed by atoms with E-state index < -0.39 is 0 Å². The summed E-state index contributed by atoms with van der Waals surface area (Å²) in [5.74, 6) is 0.733. The summed E-state index contributed by atoms with van der Waals surface area (Å²) in [5, 5.41) is 3.41. The molecule has 0 radical (unpaired) electrons. The van der Waals surface area contributed by atoms with E-state index >= 15 is 0 Å². The normalized spacial score (nSPS) is 12.3. The highest BCUT2D eigenvalue weighted by Crippen LogP contribution is 2.15. The molecule has 0 bridgehead atoms. The number of benzene rings is 1. The second-order valence-corrected chi connectivity index (χ2v) is 4.75. The van der Waals surface area contributed by atoms with Crippen molar-refractivity contribution in [3.05, 3.63) is 54.2 Å². The van der Waals surface area contributed by atoms with Gasteiger partial charge in [0.25, 0.3) is 0 Å². The first kappa shape index (κ1) is 14.6. The molecule has 4 heteroatoms. The van der Waals surface area contributed by atoms with Crippen molar-refractivity contribution in [2.24, 2.45) is 0 Å². The van der Waals surface area contributed by atoms with Gasteiger partial charge in [-0.05, 0) is 44.2 Å². The Balaban J connectivity index is 1.85. The van der Waals surface area contributed by atoms with Crippen LogP contribution in [0.2, 0.25) is 0 Å². The minimum Gasteiger partial charge on any atom is -0.468 e. The van der Waals surface area contributed by atoms with Crippen LogP contribution in [0.15, 0.2) is 47.1 Å². The van der Waals surface area contributed by atoms with E-state index in [0.717, 1.165) is 31.1 Å². The molecule has 0 fully saturated rings. The molecule has 0 amide bonds. The monoisotopic (exact) mass is 276 g/mol. The highest BCUT2D eigenvalue weighted by atomic mass is 19.1. The molecule has 20 heavy (non-hydrogen) atoms. The number of likely N-dealkylation sites (N-methyl/N-ethyl adjacent to an activating group) is 1. The standard InChI is InChI=1S/C16H21FN2O/c1-3-19(15-7-4-6-14(17)12-15)10-9-18-13(2)16-8-5-11-20-16/h4-8,11-13,18H,3,9-10H2,1-2H3. The first-order valence-corrected chi connectivity index (χ1v) is 6.98. The molecule has 0 saturated heterocycles. The highest BCUT2D eigenvalue weighted by Gasteiger charge is 2.09. The molecule has 108 valence electrons. The number of nitrogens with one attached hydrogen (secondary N) is 1. The van der Waals surface area contributed by atoms with E-state index in [4.69, 9.17) is 4.42 Å². The van der Waals surface area contributed by atoms with E-state index in [1.807, 2.05) is 18.2 Å². The zero-order chi connectivity index (χ0) is 14.4. The van der Waals surface area contributed by atoms with Gasteiger partial charge in [0.2, 0.25) is 0 Å². The van der Waals surface area contributed by atoms with Crippen LogP contribution in [0, 0.1) is 5.82 Å². The number of halogens is 1. The lowest BCUT2D eigenvalue weighted by molar-refractivity contribution is 0.432. The van der Waals surface area contributed by atoms with Gasteiger partial charge in [0, 0.05) is 25.3 Å². The van der Waals surface area contributed by atoms with Gasteiger partial charge in [-0.2, -0.15) is 0 Å². The molecular formula is C16H21FN2O. The summed E-state index contributed by atoms with van der Waals surface area (Å²) >= 11 is 0.